The van der Waals surface area contributed by atoms with E-state index in [1.807, 2.05) is 57.2 Å². The molecule has 0 aliphatic rings. The lowest BCUT2D eigenvalue weighted by Gasteiger charge is -2.03. The van der Waals surface area contributed by atoms with Gasteiger partial charge in [0.2, 0.25) is 5.91 Å². The third-order valence-corrected chi connectivity index (χ3v) is 5.71. The number of hydrogen-bond donors (Lipinski definition) is 1. The van der Waals surface area contributed by atoms with Crippen LogP contribution in [0.2, 0.25) is 0 Å². The van der Waals surface area contributed by atoms with E-state index >= 15 is 0 Å². The van der Waals surface area contributed by atoms with E-state index in [1.54, 1.807) is 18.2 Å². The van der Waals surface area contributed by atoms with E-state index in [1.165, 1.54) is 22.0 Å². The SMILES string of the molecule is CCNC(=O)Cn1c(=O)/c(=C/c2ccc(C)cc2)s/c1=C\C(=O)c1ccccc1C. The third kappa shape index (κ3) is 5.02. The van der Waals surface area contributed by atoms with E-state index in [-0.39, 0.29) is 23.8 Å². The Kier molecular flexibility index (Phi) is 6.79. The summed E-state index contributed by atoms with van der Waals surface area (Å²) in [6, 6.07) is 15.1. The largest absolute Gasteiger partial charge is 0.355 e. The van der Waals surface area contributed by atoms with Crippen molar-refractivity contribution in [1.82, 2.24) is 9.88 Å². The lowest BCUT2D eigenvalue weighted by Crippen LogP contribution is -2.38. The molecule has 0 spiro atoms. The van der Waals surface area contributed by atoms with Crippen molar-refractivity contribution >= 4 is 35.2 Å². The molecule has 0 atom stereocenters. The number of amides is 1. The molecule has 0 radical (unpaired) electrons. The fourth-order valence-electron chi connectivity index (χ4n) is 3.04. The average Bonchev–Trinajstić information content (AvgIpc) is 2.99. The first-order valence-corrected chi connectivity index (χ1v) is 10.6. The lowest BCUT2D eigenvalue weighted by molar-refractivity contribution is -0.121. The predicted octanol–water partition coefficient (Wildman–Crippen LogP) is 2.15. The molecule has 1 amide bonds. The van der Waals surface area contributed by atoms with Gasteiger partial charge < -0.3 is 5.32 Å². The van der Waals surface area contributed by atoms with Gasteiger partial charge in [-0.2, -0.15) is 0 Å². The molecule has 1 aromatic heterocycles. The maximum Gasteiger partial charge on any atom is 0.269 e. The maximum absolute atomic E-state index is 13.0. The van der Waals surface area contributed by atoms with Gasteiger partial charge in [-0.15, -0.1) is 11.3 Å². The highest BCUT2D eigenvalue weighted by Gasteiger charge is 2.12. The first-order valence-electron chi connectivity index (χ1n) is 9.75. The van der Waals surface area contributed by atoms with Crippen LogP contribution in [0.5, 0.6) is 0 Å². The molecule has 0 bridgehead atoms. The van der Waals surface area contributed by atoms with Crippen LogP contribution in [0.15, 0.2) is 53.3 Å². The van der Waals surface area contributed by atoms with Gasteiger partial charge in [-0.1, -0.05) is 54.1 Å². The Morgan fingerprint density at radius 3 is 2.43 bits per heavy atom. The highest BCUT2D eigenvalue weighted by atomic mass is 32.1. The first kappa shape index (κ1) is 21.5. The van der Waals surface area contributed by atoms with Crippen LogP contribution < -0.4 is 20.1 Å². The van der Waals surface area contributed by atoms with Crippen LogP contribution in [0.25, 0.3) is 12.2 Å². The van der Waals surface area contributed by atoms with Crippen molar-refractivity contribution < 1.29 is 9.59 Å². The Bertz CT molecular complexity index is 1250. The van der Waals surface area contributed by atoms with Crippen LogP contribution in [-0.2, 0) is 11.3 Å². The van der Waals surface area contributed by atoms with Crippen LogP contribution in [0.3, 0.4) is 0 Å². The lowest BCUT2D eigenvalue weighted by atomic mass is 10.1. The third-order valence-electron chi connectivity index (χ3n) is 4.65. The summed E-state index contributed by atoms with van der Waals surface area (Å²) in [5.74, 6) is -0.460. The molecule has 3 rings (SSSR count). The highest BCUT2D eigenvalue weighted by Crippen LogP contribution is 2.08. The quantitative estimate of drug-likeness (QED) is 0.622. The van der Waals surface area contributed by atoms with Crippen molar-refractivity contribution in [1.29, 1.82) is 0 Å². The van der Waals surface area contributed by atoms with Crippen molar-refractivity contribution in [3.05, 3.63) is 90.3 Å². The van der Waals surface area contributed by atoms with Crippen molar-refractivity contribution in [3.8, 4) is 0 Å². The number of thiazole rings is 1. The number of aromatic nitrogens is 1. The summed E-state index contributed by atoms with van der Waals surface area (Å²) in [6.07, 6.45) is 3.23. The number of nitrogens with zero attached hydrogens (tertiary/aromatic N) is 1. The van der Waals surface area contributed by atoms with Crippen molar-refractivity contribution in [3.63, 3.8) is 0 Å². The molecule has 0 saturated heterocycles. The minimum atomic E-state index is -0.282. The smallest absolute Gasteiger partial charge is 0.269 e. The molecule has 0 unspecified atom stereocenters. The molecule has 6 heteroatoms. The second-order valence-electron chi connectivity index (χ2n) is 7.03. The number of carbonyl (C=O) groups is 2. The van der Waals surface area contributed by atoms with Crippen LogP contribution >= 0.6 is 11.3 Å². The van der Waals surface area contributed by atoms with Gasteiger partial charge >= 0.3 is 0 Å². The van der Waals surface area contributed by atoms with Gasteiger partial charge in [0.25, 0.3) is 5.56 Å². The van der Waals surface area contributed by atoms with Crippen molar-refractivity contribution in [2.75, 3.05) is 6.54 Å². The zero-order chi connectivity index (χ0) is 21.7. The van der Waals surface area contributed by atoms with Gasteiger partial charge in [0.15, 0.2) is 5.78 Å². The molecule has 0 aliphatic carbocycles. The van der Waals surface area contributed by atoms with E-state index in [9.17, 15) is 14.4 Å². The Morgan fingerprint density at radius 2 is 1.77 bits per heavy atom. The number of aryl methyl sites for hydroxylation is 2. The zero-order valence-electron chi connectivity index (χ0n) is 17.3. The number of ketones is 1. The average molecular weight is 421 g/mol. The van der Waals surface area contributed by atoms with Gasteiger partial charge in [-0.3, -0.25) is 19.0 Å². The summed E-state index contributed by atoms with van der Waals surface area (Å²) >= 11 is 1.21. The number of Topliss-reactive ketones (excluding diaryl/α,β-unsaturated/α-hetero) is 1. The number of hydrogen-bond acceptors (Lipinski definition) is 4. The second-order valence-corrected chi connectivity index (χ2v) is 8.09. The monoisotopic (exact) mass is 420 g/mol. The van der Waals surface area contributed by atoms with Crippen LogP contribution in [0, 0.1) is 13.8 Å². The Labute approximate surface area is 179 Å². The summed E-state index contributed by atoms with van der Waals surface area (Å²) in [7, 11) is 0. The molecular formula is C24H24N2O3S. The number of rotatable bonds is 6. The minimum absolute atomic E-state index is 0.127. The van der Waals surface area contributed by atoms with Gasteiger partial charge in [0, 0.05) is 18.2 Å². The number of carbonyl (C=O) groups excluding carboxylic acids is 2. The fraction of sp³-hybridized carbons (Fsp3) is 0.208. The molecule has 1 heterocycles. The summed E-state index contributed by atoms with van der Waals surface area (Å²) in [5, 5.41) is 2.70. The molecule has 0 fully saturated rings. The molecule has 30 heavy (non-hydrogen) atoms. The number of likely N-dealkylation sites (N-methyl/N-ethyl adjacent to an activating group) is 1. The summed E-state index contributed by atoms with van der Waals surface area (Å²) in [4.78, 5) is 38.0. The van der Waals surface area contributed by atoms with Gasteiger partial charge in [-0.05, 0) is 38.0 Å². The summed E-state index contributed by atoms with van der Waals surface area (Å²) < 4.78 is 2.30. The topological polar surface area (TPSA) is 68.2 Å². The first-order chi connectivity index (χ1) is 14.4. The van der Waals surface area contributed by atoms with Crippen LogP contribution in [0.4, 0.5) is 0 Å². The molecular weight excluding hydrogens is 396 g/mol. The van der Waals surface area contributed by atoms with E-state index in [0.717, 1.165) is 16.7 Å². The number of benzene rings is 2. The summed E-state index contributed by atoms with van der Waals surface area (Å²) in [5.41, 5.74) is 3.17. The van der Waals surface area contributed by atoms with E-state index in [4.69, 9.17) is 0 Å². The molecule has 0 saturated carbocycles. The fourth-order valence-corrected chi connectivity index (χ4v) is 4.08. The van der Waals surface area contributed by atoms with Crippen molar-refractivity contribution in [2.24, 2.45) is 0 Å². The van der Waals surface area contributed by atoms with Gasteiger partial charge in [0.1, 0.15) is 11.2 Å². The van der Waals surface area contributed by atoms with Gasteiger partial charge in [-0.25, -0.2) is 0 Å². The standard InChI is InChI=1S/C24H24N2O3S/c1-4-25-22(28)15-26-23(14-20(27)19-8-6-5-7-17(19)3)30-21(24(26)29)13-18-11-9-16(2)10-12-18/h5-14H,4,15H2,1-3H3,(H,25,28)/b21-13-,23-14-. The Balaban J connectivity index is 2.14. The van der Waals surface area contributed by atoms with E-state index in [0.29, 0.717) is 21.3 Å². The van der Waals surface area contributed by atoms with Crippen LogP contribution in [0.1, 0.15) is 34.0 Å². The normalized spacial score (nSPS) is 12.2. The molecule has 154 valence electrons. The van der Waals surface area contributed by atoms with Gasteiger partial charge in [0.05, 0.1) is 4.53 Å². The Morgan fingerprint density at radius 1 is 1.07 bits per heavy atom. The molecule has 0 aliphatic heterocycles. The highest BCUT2D eigenvalue weighted by molar-refractivity contribution is 7.07. The maximum atomic E-state index is 13.0. The minimum Gasteiger partial charge on any atom is -0.355 e. The predicted molar refractivity (Wildman–Crippen MR) is 121 cm³/mol. The van der Waals surface area contributed by atoms with Crippen LogP contribution in [-0.4, -0.2) is 22.8 Å². The summed E-state index contributed by atoms with van der Waals surface area (Å²) in [6.45, 7) is 6.03. The molecule has 2 aromatic carbocycles. The zero-order valence-corrected chi connectivity index (χ0v) is 18.1. The molecule has 5 nitrogen and oxygen atoms in total. The van der Waals surface area contributed by atoms with Crippen molar-refractivity contribution in [2.45, 2.75) is 27.3 Å². The molecule has 3 aromatic rings. The molecule has 1 N–H and O–H groups in total. The number of nitrogens with one attached hydrogen (secondary N) is 1. The van der Waals surface area contributed by atoms with E-state index in [2.05, 4.69) is 5.32 Å². The van der Waals surface area contributed by atoms with E-state index < -0.39 is 0 Å². The Hall–Kier alpha value is -3.25. The second kappa shape index (κ2) is 9.50.